The van der Waals surface area contributed by atoms with Crippen LogP contribution in [0.25, 0.3) is 0 Å². The Morgan fingerprint density at radius 3 is 2.52 bits per heavy atom. The van der Waals surface area contributed by atoms with Gasteiger partial charge in [-0.3, -0.25) is 19.7 Å². The molecule has 0 spiro atoms. The zero-order valence-corrected chi connectivity index (χ0v) is 12.1. The average Bonchev–Trinajstić information content (AvgIpc) is 2.48. The summed E-state index contributed by atoms with van der Waals surface area (Å²) in [6.45, 7) is 1.34. The van der Waals surface area contributed by atoms with Gasteiger partial charge in [-0.05, 0) is 24.3 Å². The molecule has 0 aliphatic carbocycles. The predicted octanol–water partition coefficient (Wildman–Crippen LogP) is 2.51. The molecule has 0 atom stereocenters. The van der Waals surface area contributed by atoms with Gasteiger partial charge in [0.15, 0.2) is 0 Å². The number of carbonyl (C=O) groups excluding carboxylic acids is 2. The van der Waals surface area contributed by atoms with E-state index in [9.17, 15) is 24.8 Å². The Labute approximate surface area is 130 Å². The van der Waals surface area contributed by atoms with Crippen LogP contribution in [0.15, 0.2) is 42.5 Å². The number of benzene rings is 2. The molecular weight excluding hydrogens is 302 g/mol. The quantitative estimate of drug-likeness (QED) is 0.454. The first-order chi connectivity index (χ1) is 10.9. The Hall–Kier alpha value is -3.42. The van der Waals surface area contributed by atoms with Gasteiger partial charge in [0.05, 0.1) is 10.6 Å². The fraction of sp³-hybridized carbons (Fsp3) is 0.0667. The normalized spacial score (nSPS) is 9.96. The molecule has 0 saturated carbocycles. The maximum Gasteiger partial charge on any atom is 0.271 e. The Bertz CT molecular complexity index is 788. The number of hydrogen-bond donors (Lipinski definition) is 3. The molecule has 0 aromatic heterocycles. The number of nitro groups is 1. The Morgan fingerprint density at radius 1 is 1.13 bits per heavy atom. The van der Waals surface area contributed by atoms with E-state index in [1.807, 2.05) is 0 Å². The van der Waals surface area contributed by atoms with Crippen molar-refractivity contribution < 1.29 is 19.6 Å². The summed E-state index contributed by atoms with van der Waals surface area (Å²) in [6, 6.07) is 9.46. The molecule has 0 bridgehead atoms. The van der Waals surface area contributed by atoms with E-state index in [1.165, 1.54) is 19.1 Å². The molecule has 0 aliphatic heterocycles. The highest BCUT2D eigenvalue weighted by molar-refractivity contribution is 6.06. The standard InChI is InChI=1S/C15H13N3O5/c1-9(19)16-11-4-2-3-10(7-11)15(21)17-13-8-12(18(22)23)5-6-14(13)20/h2-8,20H,1H3,(H,16,19)(H,17,21). The van der Waals surface area contributed by atoms with Crippen LogP contribution in [0.2, 0.25) is 0 Å². The molecule has 2 rings (SSSR count). The summed E-state index contributed by atoms with van der Waals surface area (Å²) in [5.41, 5.74) is 0.329. The largest absolute Gasteiger partial charge is 0.506 e. The van der Waals surface area contributed by atoms with Crippen molar-refractivity contribution in [3.05, 3.63) is 58.1 Å². The molecule has 0 fully saturated rings. The van der Waals surface area contributed by atoms with Crippen LogP contribution in [-0.4, -0.2) is 21.8 Å². The predicted molar refractivity (Wildman–Crippen MR) is 83.5 cm³/mol. The van der Waals surface area contributed by atoms with Crippen molar-refractivity contribution in [2.75, 3.05) is 10.6 Å². The number of aromatic hydroxyl groups is 1. The van der Waals surface area contributed by atoms with Crippen LogP contribution in [0.1, 0.15) is 17.3 Å². The highest BCUT2D eigenvalue weighted by Crippen LogP contribution is 2.28. The Balaban J connectivity index is 2.24. The summed E-state index contributed by atoms with van der Waals surface area (Å²) in [5.74, 6) is -1.14. The number of hydrogen-bond acceptors (Lipinski definition) is 5. The van der Waals surface area contributed by atoms with Gasteiger partial charge in [0.25, 0.3) is 11.6 Å². The van der Waals surface area contributed by atoms with Crippen LogP contribution in [-0.2, 0) is 4.79 Å². The van der Waals surface area contributed by atoms with E-state index in [2.05, 4.69) is 10.6 Å². The first-order valence-corrected chi connectivity index (χ1v) is 6.53. The van der Waals surface area contributed by atoms with Crippen LogP contribution >= 0.6 is 0 Å². The van der Waals surface area contributed by atoms with E-state index in [1.54, 1.807) is 12.1 Å². The molecule has 3 N–H and O–H groups in total. The molecule has 2 aromatic rings. The smallest absolute Gasteiger partial charge is 0.271 e. The summed E-state index contributed by atoms with van der Waals surface area (Å²) in [5, 5.41) is 25.4. The first-order valence-electron chi connectivity index (χ1n) is 6.53. The van der Waals surface area contributed by atoms with Crippen LogP contribution in [0.4, 0.5) is 17.1 Å². The lowest BCUT2D eigenvalue weighted by atomic mass is 10.1. The van der Waals surface area contributed by atoms with Crippen LogP contribution in [0.3, 0.4) is 0 Å². The molecular formula is C15H13N3O5. The number of phenolic OH excluding ortho intramolecular Hbond substituents is 1. The second kappa shape index (κ2) is 6.56. The van der Waals surface area contributed by atoms with Gasteiger partial charge in [-0.2, -0.15) is 0 Å². The fourth-order valence-electron chi connectivity index (χ4n) is 1.87. The van der Waals surface area contributed by atoms with E-state index in [-0.39, 0.29) is 28.6 Å². The number of non-ortho nitro benzene ring substituents is 1. The van der Waals surface area contributed by atoms with Gasteiger partial charge in [0.1, 0.15) is 5.75 Å². The molecule has 0 unspecified atom stereocenters. The molecule has 2 amide bonds. The zero-order chi connectivity index (χ0) is 17.0. The fourth-order valence-corrected chi connectivity index (χ4v) is 1.87. The monoisotopic (exact) mass is 315 g/mol. The van der Waals surface area contributed by atoms with E-state index in [4.69, 9.17) is 0 Å². The molecule has 118 valence electrons. The number of nitro benzene ring substituents is 1. The van der Waals surface area contributed by atoms with Crippen molar-refractivity contribution in [2.24, 2.45) is 0 Å². The van der Waals surface area contributed by atoms with Gasteiger partial charge >= 0.3 is 0 Å². The van der Waals surface area contributed by atoms with E-state index in [0.717, 1.165) is 18.2 Å². The number of amides is 2. The maximum atomic E-state index is 12.2. The molecule has 23 heavy (non-hydrogen) atoms. The second-order valence-electron chi connectivity index (χ2n) is 4.67. The summed E-state index contributed by atoms with van der Waals surface area (Å²) in [7, 11) is 0. The van der Waals surface area contributed by atoms with E-state index >= 15 is 0 Å². The van der Waals surface area contributed by atoms with Crippen molar-refractivity contribution in [3.8, 4) is 5.75 Å². The summed E-state index contributed by atoms with van der Waals surface area (Å²) < 4.78 is 0. The van der Waals surface area contributed by atoms with Crippen LogP contribution in [0.5, 0.6) is 5.75 Å². The van der Waals surface area contributed by atoms with E-state index in [0.29, 0.717) is 5.69 Å². The van der Waals surface area contributed by atoms with Gasteiger partial charge in [-0.15, -0.1) is 0 Å². The first kappa shape index (κ1) is 16.0. The Morgan fingerprint density at radius 2 is 1.87 bits per heavy atom. The third-order valence-electron chi connectivity index (χ3n) is 2.88. The SMILES string of the molecule is CC(=O)Nc1cccc(C(=O)Nc2cc([N+](=O)[O-])ccc2O)c1. The van der Waals surface area contributed by atoms with Gasteiger partial charge in [-0.1, -0.05) is 6.07 Å². The Kier molecular flexibility index (Phi) is 4.55. The van der Waals surface area contributed by atoms with Crippen molar-refractivity contribution >= 4 is 28.9 Å². The minimum atomic E-state index is -0.632. The number of rotatable bonds is 4. The van der Waals surface area contributed by atoms with E-state index < -0.39 is 10.8 Å². The lowest BCUT2D eigenvalue weighted by Crippen LogP contribution is -2.13. The summed E-state index contributed by atoms with van der Waals surface area (Å²) in [4.78, 5) is 33.3. The lowest BCUT2D eigenvalue weighted by molar-refractivity contribution is -0.384. The van der Waals surface area contributed by atoms with Crippen molar-refractivity contribution in [2.45, 2.75) is 6.92 Å². The molecule has 0 aliphatic rings. The number of phenols is 1. The zero-order valence-electron chi connectivity index (χ0n) is 12.1. The molecule has 8 heteroatoms. The van der Waals surface area contributed by atoms with Crippen molar-refractivity contribution in [1.82, 2.24) is 0 Å². The van der Waals surface area contributed by atoms with Crippen molar-refractivity contribution in [3.63, 3.8) is 0 Å². The number of nitrogens with zero attached hydrogens (tertiary/aromatic N) is 1. The minimum Gasteiger partial charge on any atom is -0.506 e. The average molecular weight is 315 g/mol. The highest BCUT2D eigenvalue weighted by atomic mass is 16.6. The minimum absolute atomic E-state index is 0.0749. The third kappa shape index (κ3) is 4.03. The highest BCUT2D eigenvalue weighted by Gasteiger charge is 2.14. The lowest BCUT2D eigenvalue weighted by Gasteiger charge is -2.08. The van der Waals surface area contributed by atoms with Crippen LogP contribution in [0, 0.1) is 10.1 Å². The summed E-state index contributed by atoms with van der Waals surface area (Å²) >= 11 is 0. The summed E-state index contributed by atoms with van der Waals surface area (Å²) in [6.07, 6.45) is 0. The topological polar surface area (TPSA) is 122 Å². The van der Waals surface area contributed by atoms with Gasteiger partial charge in [-0.25, -0.2) is 0 Å². The molecule has 2 aromatic carbocycles. The molecule has 0 heterocycles. The number of nitrogens with one attached hydrogen (secondary N) is 2. The van der Waals surface area contributed by atoms with Gasteiger partial charge in [0, 0.05) is 30.3 Å². The third-order valence-corrected chi connectivity index (χ3v) is 2.88. The molecule has 8 nitrogen and oxygen atoms in total. The number of anilines is 2. The van der Waals surface area contributed by atoms with Crippen molar-refractivity contribution in [1.29, 1.82) is 0 Å². The second-order valence-corrected chi connectivity index (χ2v) is 4.67. The van der Waals surface area contributed by atoms with Gasteiger partial charge < -0.3 is 15.7 Å². The maximum absolute atomic E-state index is 12.2. The number of carbonyl (C=O) groups is 2. The molecule has 0 saturated heterocycles. The van der Waals surface area contributed by atoms with Crippen LogP contribution < -0.4 is 10.6 Å². The molecule has 0 radical (unpaired) electrons. The van der Waals surface area contributed by atoms with Gasteiger partial charge in [0.2, 0.25) is 5.91 Å².